The summed E-state index contributed by atoms with van der Waals surface area (Å²) in [5.41, 5.74) is -0.399. The lowest BCUT2D eigenvalue weighted by Crippen LogP contribution is -2.17. The molecule has 14 heteroatoms. The Bertz CT molecular complexity index is 634. The van der Waals surface area contributed by atoms with Crippen LogP contribution in [0.25, 0.3) is 0 Å². The molecule has 0 bridgehead atoms. The van der Waals surface area contributed by atoms with Gasteiger partial charge in [0.15, 0.2) is 0 Å². The number of phosphoric ester groups is 1. The predicted molar refractivity (Wildman–Crippen MR) is 69.0 cm³/mol. The fourth-order valence-corrected chi connectivity index (χ4v) is 5.19. The Morgan fingerprint density at radius 3 is 2.27 bits per heavy atom. The second kappa shape index (κ2) is 5.78. The molecule has 0 spiro atoms. The molecule has 0 aromatic carbocycles. The topological polar surface area (TPSA) is 169 Å². The summed E-state index contributed by atoms with van der Waals surface area (Å²) in [6.45, 7) is -0.455. The second-order valence-corrected chi connectivity index (χ2v) is 9.26. The molecule has 1 aliphatic carbocycles. The second-order valence-electron chi connectivity index (χ2n) is 4.84. The van der Waals surface area contributed by atoms with Crippen LogP contribution in [0.5, 0.6) is 0 Å². The molecule has 2 unspecified atom stereocenters. The Labute approximate surface area is 125 Å². The molecule has 2 rings (SSSR count). The van der Waals surface area contributed by atoms with Gasteiger partial charge in [0.2, 0.25) is 0 Å². The van der Waals surface area contributed by atoms with E-state index >= 15 is 0 Å². The molecule has 1 aliphatic heterocycles. The van der Waals surface area contributed by atoms with E-state index in [0.717, 1.165) is 0 Å². The van der Waals surface area contributed by atoms with Gasteiger partial charge in [-0.05, 0) is 12.8 Å². The van der Waals surface area contributed by atoms with Crippen LogP contribution >= 0.6 is 23.5 Å². The maximum Gasteiger partial charge on any atom is 0.490 e. The fraction of sp³-hybridized carbons (Fsp3) is 0.750. The monoisotopic (exact) mass is 378 g/mol. The summed E-state index contributed by atoms with van der Waals surface area (Å²) in [4.78, 5) is 34.9. The van der Waals surface area contributed by atoms with E-state index in [0.29, 0.717) is 12.8 Å². The molecule has 1 heterocycles. The van der Waals surface area contributed by atoms with Gasteiger partial charge in [-0.25, -0.2) is 13.7 Å². The number of hydrogen-bond acceptors (Lipinski definition) is 7. The minimum absolute atomic E-state index is 0.146. The van der Waals surface area contributed by atoms with Gasteiger partial charge >= 0.3 is 23.5 Å². The summed E-state index contributed by atoms with van der Waals surface area (Å²) in [7, 11) is -16.0. The van der Waals surface area contributed by atoms with Crippen molar-refractivity contribution >= 4 is 23.5 Å². The van der Waals surface area contributed by atoms with Crippen molar-refractivity contribution in [3.05, 3.63) is 0 Å². The van der Waals surface area contributed by atoms with Crippen LogP contribution in [0.1, 0.15) is 12.8 Å². The number of fused-ring (bicyclic) bond motifs is 1. The fourth-order valence-electron chi connectivity index (χ4n) is 2.14. The maximum absolute atomic E-state index is 11.5. The molecule has 1 saturated heterocycles. The Kier molecular flexibility index (Phi) is 4.80. The maximum atomic E-state index is 11.5. The zero-order valence-corrected chi connectivity index (χ0v) is 13.5. The number of hydrogen-bond donors (Lipinski definition) is 4. The summed E-state index contributed by atoms with van der Waals surface area (Å²) in [5.74, 6) is 2.57. The van der Waals surface area contributed by atoms with Crippen molar-refractivity contribution in [3.8, 4) is 12.3 Å². The van der Waals surface area contributed by atoms with Gasteiger partial charge in [0, 0.05) is 0 Å². The van der Waals surface area contributed by atoms with Gasteiger partial charge in [0.25, 0.3) is 0 Å². The highest BCUT2D eigenvalue weighted by Crippen LogP contribution is 2.66. The van der Waals surface area contributed by atoms with Crippen LogP contribution in [0.15, 0.2) is 0 Å². The zero-order chi connectivity index (χ0) is 16.8. The number of ether oxygens (including phenoxy) is 1. The molecule has 0 aromatic rings. The minimum Gasteiger partial charge on any atom is -0.371 e. The van der Waals surface area contributed by atoms with Gasteiger partial charge in [-0.2, -0.15) is 8.62 Å². The van der Waals surface area contributed by atoms with E-state index in [1.165, 1.54) is 0 Å². The van der Waals surface area contributed by atoms with E-state index in [1.807, 2.05) is 0 Å². The molecule has 126 valence electrons. The van der Waals surface area contributed by atoms with Crippen molar-refractivity contribution in [2.45, 2.75) is 25.0 Å². The van der Waals surface area contributed by atoms with Crippen molar-refractivity contribution in [1.29, 1.82) is 0 Å². The molecule has 0 aromatic heterocycles. The van der Waals surface area contributed by atoms with Gasteiger partial charge in [-0.15, -0.1) is 6.42 Å². The van der Waals surface area contributed by atoms with Crippen LogP contribution in [0.2, 0.25) is 0 Å². The molecule has 1 saturated carbocycles. The van der Waals surface area contributed by atoms with E-state index in [4.69, 9.17) is 25.8 Å². The molecule has 11 nitrogen and oxygen atoms in total. The Hall–Kier alpha value is -0.0700. The highest BCUT2D eigenvalue weighted by Gasteiger charge is 2.61. The van der Waals surface area contributed by atoms with Crippen LogP contribution < -0.4 is 0 Å². The quantitative estimate of drug-likeness (QED) is 0.360. The van der Waals surface area contributed by atoms with Crippen LogP contribution in [0, 0.1) is 17.8 Å². The Balaban J connectivity index is 1.85. The lowest BCUT2D eigenvalue weighted by atomic mass is 10.0. The number of terminal acetylenes is 1. The van der Waals surface area contributed by atoms with E-state index in [1.54, 1.807) is 0 Å². The predicted octanol–water partition coefficient (Wildman–Crippen LogP) is 0.510. The van der Waals surface area contributed by atoms with Crippen LogP contribution in [-0.4, -0.2) is 38.4 Å². The van der Waals surface area contributed by atoms with Gasteiger partial charge in [-0.3, -0.25) is 4.52 Å². The number of phosphoric acid groups is 3. The van der Waals surface area contributed by atoms with Crippen molar-refractivity contribution in [2.24, 2.45) is 5.41 Å². The van der Waals surface area contributed by atoms with E-state index in [9.17, 15) is 18.6 Å². The zero-order valence-electron chi connectivity index (χ0n) is 10.8. The first kappa shape index (κ1) is 18.3. The van der Waals surface area contributed by atoms with Crippen LogP contribution in [0.4, 0.5) is 0 Å². The molecule has 4 N–H and O–H groups in total. The molecular weight excluding hydrogens is 365 g/mol. The van der Waals surface area contributed by atoms with E-state index < -0.39 is 41.6 Å². The number of rotatable bonds is 7. The van der Waals surface area contributed by atoms with Crippen molar-refractivity contribution in [1.82, 2.24) is 0 Å². The average Bonchev–Trinajstić information content (AvgIpc) is 2.85. The smallest absolute Gasteiger partial charge is 0.371 e. The largest absolute Gasteiger partial charge is 0.490 e. The first-order chi connectivity index (χ1) is 9.87. The average molecular weight is 378 g/mol. The minimum atomic E-state index is -5.49. The lowest BCUT2D eigenvalue weighted by Gasteiger charge is -2.18. The molecule has 0 radical (unpaired) electrons. The van der Waals surface area contributed by atoms with Crippen molar-refractivity contribution in [2.75, 3.05) is 6.61 Å². The summed E-state index contributed by atoms with van der Waals surface area (Å²) >= 11 is 0. The first-order valence-corrected chi connectivity index (χ1v) is 10.3. The third kappa shape index (κ3) is 4.71. The van der Waals surface area contributed by atoms with Crippen LogP contribution in [0.3, 0.4) is 0 Å². The normalized spacial score (nSPS) is 36.0. The third-order valence-electron chi connectivity index (χ3n) is 3.08. The summed E-state index contributed by atoms with van der Waals surface area (Å²) in [6, 6.07) is 0. The van der Waals surface area contributed by atoms with Gasteiger partial charge in [0.1, 0.15) is 0 Å². The third-order valence-corrected chi connectivity index (χ3v) is 6.88. The molecule has 2 fully saturated rings. The highest BCUT2D eigenvalue weighted by molar-refractivity contribution is 7.66. The van der Waals surface area contributed by atoms with Crippen LogP contribution in [-0.2, 0) is 31.6 Å². The molecule has 22 heavy (non-hydrogen) atoms. The molecule has 2 aliphatic rings. The Morgan fingerprint density at radius 1 is 1.14 bits per heavy atom. The first-order valence-electron chi connectivity index (χ1n) is 5.78. The lowest BCUT2D eigenvalue weighted by molar-refractivity contribution is 0.0283. The summed E-state index contributed by atoms with van der Waals surface area (Å²) < 4.78 is 50.0. The SMILES string of the molecule is C#C[C@@]12C[C@@H](COP(=O)(O)OP(=O)(O)OP(=O)(O)O)O[C@H]1C2. The van der Waals surface area contributed by atoms with E-state index in [2.05, 4.69) is 19.1 Å². The van der Waals surface area contributed by atoms with Crippen molar-refractivity contribution in [3.63, 3.8) is 0 Å². The molecular formula is C8H13O11P3. The molecule has 5 atom stereocenters. The highest BCUT2D eigenvalue weighted by atomic mass is 31.3. The van der Waals surface area contributed by atoms with Gasteiger partial charge in [-0.1, -0.05) is 5.92 Å². The van der Waals surface area contributed by atoms with Gasteiger partial charge in [0.05, 0.1) is 24.2 Å². The Morgan fingerprint density at radius 2 is 1.77 bits per heavy atom. The summed E-state index contributed by atoms with van der Waals surface area (Å²) in [6.07, 6.45) is 5.67. The van der Waals surface area contributed by atoms with Crippen molar-refractivity contribution < 1.29 is 51.2 Å². The molecule has 0 amide bonds. The summed E-state index contributed by atoms with van der Waals surface area (Å²) in [5, 5.41) is 0. The standard InChI is InChI=1S/C8H13O11P3/c1-2-8-3-6(17-7(8)4-8)5-16-21(12,13)19-22(14,15)18-20(9,10)11/h1,6-7H,3-5H2,(H,12,13)(H,14,15)(H2,9,10,11)/t6-,7-,8-/m0/s1. The van der Waals surface area contributed by atoms with Gasteiger partial charge < -0.3 is 24.3 Å². The van der Waals surface area contributed by atoms with E-state index in [-0.39, 0.29) is 6.10 Å².